The molecule has 0 aromatic carbocycles. The maximum Gasteiger partial charge on any atom is 0.356 e. The van der Waals surface area contributed by atoms with Crippen molar-refractivity contribution in [1.82, 2.24) is 4.98 Å². The number of methoxy groups -OCH3 is 1. The second kappa shape index (κ2) is 4.55. The smallest absolute Gasteiger partial charge is 0.356 e. The quantitative estimate of drug-likeness (QED) is 0.618. The molecule has 0 atom stereocenters. The Morgan fingerprint density at radius 3 is 2.85 bits per heavy atom. The van der Waals surface area contributed by atoms with Gasteiger partial charge in [-0.05, 0) is 41.1 Å². The minimum absolute atomic E-state index is 0.381. The second-order valence-corrected chi connectivity index (χ2v) is 3.75. The highest BCUT2D eigenvalue weighted by Crippen LogP contribution is 2.10. The Morgan fingerprint density at radius 2 is 2.31 bits per heavy atom. The van der Waals surface area contributed by atoms with Crippen LogP contribution in [0.5, 0.6) is 0 Å². The van der Waals surface area contributed by atoms with Gasteiger partial charge >= 0.3 is 5.97 Å². The van der Waals surface area contributed by atoms with Crippen LogP contribution >= 0.6 is 22.6 Å². The van der Waals surface area contributed by atoms with Gasteiger partial charge < -0.3 is 4.74 Å². The first-order chi connectivity index (χ1) is 6.17. The first-order valence-electron chi connectivity index (χ1n) is 3.92. The Balaban J connectivity index is 3.08. The van der Waals surface area contributed by atoms with Gasteiger partial charge in [0.2, 0.25) is 0 Å². The van der Waals surface area contributed by atoms with Gasteiger partial charge in [-0.15, -0.1) is 0 Å². The van der Waals surface area contributed by atoms with Gasteiger partial charge in [-0.1, -0.05) is 6.92 Å². The summed E-state index contributed by atoms with van der Waals surface area (Å²) in [7, 11) is 1.36. The van der Waals surface area contributed by atoms with Crippen molar-refractivity contribution in [2.24, 2.45) is 0 Å². The zero-order valence-electron chi connectivity index (χ0n) is 7.50. The highest BCUT2D eigenvalue weighted by atomic mass is 127. The first-order valence-corrected chi connectivity index (χ1v) is 5.00. The topological polar surface area (TPSA) is 39.2 Å². The first kappa shape index (κ1) is 10.4. The van der Waals surface area contributed by atoms with Crippen LogP contribution in [0, 0.1) is 3.57 Å². The summed E-state index contributed by atoms with van der Waals surface area (Å²) in [6, 6.07) is 3.67. The van der Waals surface area contributed by atoms with Gasteiger partial charge in [-0.3, -0.25) is 0 Å². The number of hydrogen-bond donors (Lipinski definition) is 0. The molecule has 1 rings (SSSR count). The molecule has 0 fully saturated rings. The monoisotopic (exact) mass is 291 g/mol. The molecule has 4 heteroatoms. The van der Waals surface area contributed by atoms with Crippen molar-refractivity contribution in [2.75, 3.05) is 7.11 Å². The number of hydrogen-bond acceptors (Lipinski definition) is 3. The second-order valence-electron chi connectivity index (χ2n) is 2.51. The number of esters is 1. The van der Waals surface area contributed by atoms with Crippen molar-refractivity contribution in [1.29, 1.82) is 0 Å². The molecule has 1 aromatic heterocycles. The largest absolute Gasteiger partial charge is 0.464 e. The normalized spacial score (nSPS) is 9.77. The lowest BCUT2D eigenvalue weighted by atomic mass is 10.2. The molecule has 0 bridgehead atoms. The minimum atomic E-state index is -0.381. The van der Waals surface area contributed by atoms with E-state index in [9.17, 15) is 4.79 Å². The fraction of sp³-hybridized carbons (Fsp3) is 0.333. The van der Waals surface area contributed by atoms with E-state index < -0.39 is 0 Å². The molecule has 0 aliphatic carbocycles. The van der Waals surface area contributed by atoms with E-state index in [0.717, 1.165) is 15.7 Å². The average Bonchev–Trinajstić information content (AvgIpc) is 2.15. The number of halogens is 1. The van der Waals surface area contributed by atoms with Gasteiger partial charge in [-0.2, -0.15) is 0 Å². The van der Waals surface area contributed by atoms with Crippen molar-refractivity contribution in [2.45, 2.75) is 13.3 Å². The van der Waals surface area contributed by atoms with E-state index >= 15 is 0 Å². The predicted molar refractivity (Wildman–Crippen MR) is 57.7 cm³/mol. The third-order valence-electron chi connectivity index (χ3n) is 1.60. The fourth-order valence-corrected chi connectivity index (χ4v) is 1.60. The number of aryl methyl sites for hydroxylation is 1. The Morgan fingerprint density at radius 1 is 1.62 bits per heavy atom. The van der Waals surface area contributed by atoms with Crippen LogP contribution in [0.3, 0.4) is 0 Å². The molecule has 0 spiro atoms. The molecule has 70 valence electrons. The van der Waals surface area contributed by atoms with E-state index in [1.165, 1.54) is 7.11 Å². The molecule has 0 N–H and O–H groups in total. The summed E-state index contributed by atoms with van der Waals surface area (Å²) >= 11 is 2.16. The molecular formula is C9H10INO2. The summed E-state index contributed by atoms with van der Waals surface area (Å²) < 4.78 is 5.59. The molecule has 0 aliphatic rings. The highest BCUT2D eigenvalue weighted by Gasteiger charge is 2.08. The average molecular weight is 291 g/mol. The number of pyridine rings is 1. The number of rotatable bonds is 2. The maximum atomic E-state index is 11.1. The lowest BCUT2D eigenvalue weighted by Crippen LogP contribution is -2.06. The van der Waals surface area contributed by atoms with Gasteiger partial charge in [0.15, 0.2) is 0 Å². The van der Waals surface area contributed by atoms with Crippen molar-refractivity contribution in [3.63, 3.8) is 0 Å². The van der Waals surface area contributed by atoms with E-state index in [0.29, 0.717) is 5.69 Å². The summed E-state index contributed by atoms with van der Waals surface area (Å²) in [5, 5.41) is 0. The van der Waals surface area contributed by atoms with E-state index in [2.05, 4.69) is 32.3 Å². The molecule has 1 aromatic rings. The molecule has 0 saturated carbocycles. The highest BCUT2D eigenvalue weighted by molar-refractivity contribution is 14.1. The molecule has 0 amide bonds. The third kappa shape index (κ3) is 2.65. The number of carbonyl (C=O) groups is 1. The number of nitrogens with zero attached hydrogens (tertiary/aromatic N) is 1. The SMILES string of the molecule is CCc1cc(I)cc(C(=O)OC)n1. The van der Waals surface area contributed by atoms with Crippen molar-refractivity contribution >= 4 is 28.6 Å². The molecule has 0 saturated heterocycles. The van der Waals surface area contributed by atoms with Gasteiger partial charge in [0, 0.05) is 9.26 Å². The van der Waals surface area contributed by atoms with E-state index in [1.807, 2.05) is 13.0 Å². The van der Waals surface area contributed by atoms with Crippen LogP contribution in [0.1, 0.15) is 23.1 Å². The van der Waals surface area contributed by atoms with Crippen LogP contribution in [-0.2, 0) is 11.2 Å². The van der Waals surface area contributed by atoms with Crippen LogP contribution < -0.4 is 0 Å². The Bertz CT molecular complexity index is 325. The van der Waals surface area contributed by atoms with Gasteiger partial charge in [-0.25, -0.2) is 9.78 Å². The van der Waals surface area contributed by atoms with Crippen LogP contribution in [0.4, 0.5) is 0 Å². The summed E-state index contributed by atoms with van der Waals surface area (Å²) in [5.74, 6) is -0.381. The van der Waals surface area contributed by atoms with Crippen LogP contribution in [0.25, 0.3) is 0 Å². The minimum Gasteiger partial charge on any atom is -0.464 e. The number of aromatic nitrogens is 1. The van der Waals surface area contributed by atoms with E-state index in [1.54, 1.807) is 6.07 Å². The predicted octanol–water partition coefficient (Wildman–Crippen LogP) is 2.04. The molecule has 3 nitrogen and oxygen atoms in total. The molecule has 0 aliphatic heterocycles. The van der Waals surface area contributed by atoms with Crippen molar-refractivity contribution < 1.29 is 9.53 Å². The molecule has 0 radical (unpaired) electrons. The molecule has 13 heavy (non-hydrogen) atoms. The molecule has 1 heterocycles. The number of ether oxygens (including phenoxy) is 1. The molecular weight excluding hydrogens is 281 g/mol. The summed E-state index contributed by atoms with van der Waals surface area (Å²) in [6.07, 6.45) is 0.820. The molecule has 0 unspecified atom stereocenters. The Labute approximate surface area is 90.6 Å². The maximum absolute atomic E-state index is 11.1. The summed E-state index contributed by atoms with van der Waals surface area (Å²) in [5.41, 5.74) is 1.29. The third-order valence-corrected chi connectivity index (χ3v) is 2.22. The van der Waals surface area contributed by atoms with E-state index in [-0.39, 0.29) is 5.97 Å². The lowest BCUT2D eigenvalue weighted by Gasteiger charge is -2.02. The lowest BCUT2D eigenvalue weighted by molar-refractivity contribution is 0.0593. The fourth-order valence-electron chi connectivity index (χ4n) is 0.941. The summed E-state index contributed by atoms with van der Waals surface area (Å²) in [6.45, 7) is 2.00. The van der Waals surface area contributed by atoms with Crippen LogP contribution in [0.15, 0.2) is 12.1 Å². The van der Waals surface area contributed by atoms with Crippen molar-refractivity contribution in [3.8, 4) is 0 Å². The van der Waals surface area contributed by atoms with Crippen LogP contribution in [0.2, 0.25) is 0 Å². The summed E-state index contributed by atoms with van der Waals surface area (Å²) in [4.78, 5) is 15.3. The van der Waals surface area contributed by atoms with E-state index in [4.69, 9.17) is 0 Å². The zero-order valence-corrected chi connectivity index (χ0v) is 9.66. The van der Waals surface area contributed by atoms with Gasteiger partial charge in [0.1, 0.15) is 5.69 Å². The standard InChI is InChI=1S/C9H10INO2/c1-3-7-4-6(10)5-8(11-7)9(12)13-2/h4-5H,3H2,1-2H3. The van der Waals surface area contributed by atoms with Gasteiger partial charge in [0.25, 0.3) is 0 Å². The van der Waals surface area contributed by atoms with Crippen LogP contribution in [-0.4, -0.2) is 18.1 Å². The zero-order chi connectivity index (χ0) is 9.84. The number of carbonyl (C=O) groups excluding carboxylic acids is 1. The van der Waals surface area contributed by atoms with Crippen molar-refractivity contribution in [3.05, 3.63) is 27.1 Å². The Kier molecular flexibility index (Phi) is 3.65. The Hall–Kier alpha value is -0.650. The van der Waals surface area contributed by atoms with Gasteiger partial charge in [0.05, 0.1) is 7.11 Å².